The van der Waals surface area contributed by atoms with Crippen LogP contribution in [-0.4, -0.2) is 0 Å². The fourth-order valence-electron chi connectivity index (χ4n) is 2.95. The van der Waals surface area contributed by atoms with Gasteiger partial charge in [0.2, 0.25) is 0 Å². The summed E-state index contributed by atoms with van der Waals surface area (Å²) in [6.45, 7) is 6.26. The molecule has 0 spiro atoms. The maximum absolute atomic E-state index is 6.75. The summed E-state index contributed by atoms with van der Waals surface area (Å²) in [4.78, 5) is 1.71. The number of halogens is 6. The van der Waals surface area contributed by atoms with Crippen LogP contribution >= 0.6 is 69.6 Å². The highest BCUT2D eigenvalue weighted by Crippen LogP contribution is 2.52. The van der Waals surface area contributed by atoms with Gasteiger partial charge in [-0.05, 0) is 47.4 Å². The van der Waals surface area contributed by atoms with Gasteiger partial charge in [-0.25, -0.2) is 0 Å². The number of hydrogen-bond donors (Lipinski definition) is 0. The minimum Gasteiger partial charge on any atom is -0.302 e. The van der Waals surface area contributed by atoms with Gasteiger partial charge in [0.25, 0.3) is 0 Å². The highest BCUT2D eigenvalue weighted by atomic mass is 35.5. The van der Waals surface area contributed by atoms with Crippen molar-refractivity contribution in [3.63, 3.8) is 0 Å². The van der Waals surface area contributed by atoms with Gasteiger partial charge < -0.3 is 4.90 Å². The SMILES string of the molecule is CC(C)(C)c1cc(Cl)c(N(c2c(Cl)cccc2Cl)c2c(Cl)cccc2Cl)c(Cl)c1. The van der Waals surface area contributed by atoms with Crippen LogP contribution in [0.2, 0.25) is 30.1 Å². The molecule has 1 nitrogen and oxygen atoms in total. The summed E-state index contributed by atoms with van der Waals surface area (Å²) < 4.78 is 0. The molecule has 3 aromatic carbocycles. The molecular weight excluding hydrogens is 491 g/mol. The molecule has 0 unspecified atom stereocenters. The summed E-state index contributed by atoms with van der Waals surface area (Å²) >= 11 is 39.6. The number of anilines is 3. The summed E-state index contributed by atoms with van der Waals surface area (Å²) in [6, 6.07) is 14.2. The third-order valence-electron chi connectivity index (χ3n) is 4.43. The Kier molecular flexibility index (Phi) is 6.90. The molecule has 0 atom stereocenters. The summed E-state index contributed by atoms with van der Waals surface area (Å²) in [5.74, 6) is 0. The molecule has 152 valence electrons. The molecule has 0 aliphatic carbocycles. The zero-order valence-corrected chi connectivity index (χ0v) is 20.4. The van der Waals surface area contributed by atoms with E-state index in [4.69, 9.17) is 69.6 Å². The Bertz CT molecular complexity index is 956. The third-order valence-corrected chi connectivity index (χ3v) is 6.23. The first kappa shape index (κ1) is 22.9. The first-order valence-electron chi connectivity index (χ1n) is 8.70. The van der Waals surface area contributed by atoms with E-state index >= 15 is 0 Å². The van der Waals surface area contributed by atoms with Crippen LogP contribution in [0.1, 0.15) is 26.3 Å². The molecule has 29 heavy (non-hydrogen) atoms. The van der Waals surface area contributed by atoms with Gasteiger partial charge in [-0.2, -0.15) is 0 Å². The Morgan fingerprint density at radius 2 is 0.862 bits per heavy atom. The normalized spacial score (nSPS) is 11.6. The maximum atomic E-state index is 6.75. The molecule has 0 aliphatic rings. The lowest BCUT2D eigenvalue weighted by atomic mass is 9.87. The second-order valence-electron chi connectivity index (χ2n) is 7.51. The molecule has 0 fully saturated rings. The molecule has 0 N–H and O–H groups in total. The number of nitrogens with zero attached hydrogens (tertiary/aromatic N) is 1. The van der Waals surface area contributed by atoms with Gasteiger partial charge in [0.1, 0.15) is 0 Å². The molecule has 0 saturated heterocycles. The van der Waals surface area contributed by atoms with Crippen molar-refractivity contribution in [2.24, 2.45) is 0 Å². The number of rotatable bonds is 3. The van der Waals surface area contributed by atoms with Crippen LogP contribution in [0.25, 0.3) is 0 Å². The van der Waals surface area contributed by atoms with Crippen molar-refractivity contribution in [2.75, 3.05) is 4.90 Å². The lowest BCUT2D eigenvalue weighted by Gasteiger charge is -2.31. The van der Waals surface area contributed by atoms with Crippen LogP contribution in [0.5, 0.6) is 0 Å². The number of para-hydroxylation sites is 2. The van der Waals surface area contributed by atoms with Crippen molar-refractivity contribution in [1.82, 2.24) is 0 Å². The van der Waals surface area contributed by atoms with Crippen LogP contribution in [0.15, 0.2) is 48.5 Å². The lowest BCUT2D eigenvalue weighted by molar-refractivity contribution is 0.590. The Hall–Kier alpha value is -0.800. The van der Waals surface area contributed by atoms with E-state index in [2.05, 4.69) is 20.8 Å². The van der Waals surface area contributed by atoms with Crippen LogP contribution < -0.4 is 4.90 Å². The van der Waals surface area contributed by atoms with E-state index in [0.29, 0.717) is 47.2 Å². The fraction of sp³-hybridized carbons (Fsp3) is 0.182. The molecule has 3 rings (SSSR count). The van der Waals surface area contributed by atoms with E-state index in [0.717, 1.165) is 5.56 Å². The van der Waals surface area contributed by atoms with E-state index < -0.39 is 0 Å². The molecule has 0 amide bonds. The van der Waals surface area contributed by atoms with Gasteiger partial charge in [0, 0.05) is 0 Å². The second-order valence-corrected chi connectivity index (χ2v) is 9.96. The zero-order chi connectivity index (χ0) is 21.5. The van der Waals surface area contributed by atoms with E-state index in [1.165, 1.54) is 0 Å². The smallest absolute Gasteiger partial charge is 0.0837 e. The molecule has 0 aromatic heterocycles. The zero-order valence-electron chi connectivity index (χ0n) is 15.8. The molecule has 0 heterocycles. The number of hydrogen-bond acceptors (Lipinski definition) is 1. The maximum Gasteiger partial charge on any atom is 0.0837 e. The highest BCUT2D eigenvalue weighted by Gasteiger charge is 2.28. The van der Waals surface area contributed by atoms with Crippen molar-refractivity contribution in [3.05, 3.63) is 84.2 Å². The van der Waals surface area contributed by atoms with Gasteiger partial charge in [-0.3, -0.25) is 0 Å². The second kappa shape index (κ2) is 8.75. The van der Waals surface area contributed by atoms with Crippen molar-refractivity contribution < 1.29 is 0 Å². The molecule has 0 bridgehead atoms. The van der Waals surface area contributed by atoms with Gasteiger partial charge in [-0.1, -0.05) is 103 Å². The van der Waals surface area contributed by atoms with Crippen molar-refractivity contribution in [3.8, 4) is 0 Å². The van der Waals surface area contributed by atoms with Crippen molar-refractivity contribution in [1.29, 1.82) is 0 Å². The minimum atomic E-state index is -0.138. The van der Waals surface area contributed by atoms with E-state index in [-0.39, 0.29) is 5.41 Å². The highest BCUT2D eigenvalue weighted by molar-refractivity contribution is 6.44. The molecule has 7 heteroatoms. The standard InChI is InChI=1S/C22H17Cl6N/c1-22(2,3)12-10-17(27)21(18(28)11-12)29(19-13(23)6-4-7-14(19)24)20-15(25)8-5-9-16(20)26/h4-11H,1-3H3. The Morgan fingerprint density at radius 1 is 0.552 bits per heavy atom. The Balaban J connectivity index is 2.40. The van der Waals surface area contributed by atoms with Crippen molar-refractivity contribution >= 4 is 86.7 Å². The molecule has 0 aliphatic heterocycles. The summed E-state index contributed by atoms with van der Waals surface area (Å²) in [5.41, 5.74) is 2.31. The predicted molar refractivity (Wildman–Crippen MR) is 130 cm³/mol. The van der Waals surface area contributed by atoms with Gasteiger partial charge in [0.15, 0.2) is 0 Å². The Morgan fingerprint density at radius 3 is 1.17 bits per heavy atom. The topological polar surface area (TPSA) is 3.24 Å². The van der Waals surface area contributed by atoms with E-state index in [9.17, 15) is 0 Å². The monoisotopic (exact) mass is 505 g/mol. The van der Waals surface area contributed by atoms with E-state index in [1.54, 1.807) is 41.3 Å². The molecule has 0 saturated carbocycles. The molecule has 3 aromatic rings. The molecule has 0 radical (unpaired) electrons. The average molecular weight is 508 g/mol. The van der Waals surface area contributed by atoms with Crippen LogP contribution in [-0.2, 0) is 5.41 Å². The molecular formula is C22H17Cl6N. The summed E-state index contributed by atoms with van der Waals surface area (Å²) in [7, 11) is 0. The van der Waals surface area contributed by atoms with Crippen molar-refractivity contribution in [2.45, 2.75) is 26.2 Å². The predicted octanol–water partition coefficient (Wildman–Crippen LogP) is 10.4. The quantitative estimate of drug-likeness (QED) is 0.340. The number of benzene rings is 3. The minimum absolute atomic E-state index is 0.138. The first-order chi connectivity index (χ1) is 13.5. The average Bonchev–Trinajstić information content (AvgIpc) is 2.59. The Labute approximate surface area is 201 Å². The third kappa shape index (κ3) is 4.61. The van der Waals surface area contributed by atoms with E-state index in [1.807, 2.05) is 12.1 Å². The van der Waals surface area contributed by atoms with Crippen LogP contribution in [0.3, 0.4) is 0 Å². The van der Waals surface area contributed by atoms with Gasteiger partial charge in [-0.15, -0.1) is 0 Å². The van der Waals surface area contributed by atoms with Gasteiger partial charge in [0.05, 0.1) is 47.2 Å². The first-order valence-corrected chi connectivity index (χ1v) is 11.0. The lowest BCUT2D eigenvalue weighted by Crippen LogP contribution is -2.16. The largest absolute Gasteiger partial charge is 0.302 e. The van der Waals surface area contributed by atoms with Gasteiger partial charge >= 0.3 is 0 Å². The van der Waals surface area contributed by atoms with Crippen LogP contribution in [0, 0.1) is 0 Å². The van der Waals surface area contributed by atoms with Crippen LogP contribution in [0.4, 0.5) is 17.1 Å². The summed E-state index contributed by atoms with van der Waals surface area (Å²) in [6.07, 6.45) is 0. The fourth-order valence-corrected chi connectivity index (χ4v) is 4.74. The summed E-state index contributed by atoms with van der Waals surface area (Å²) in [5, 5.41) is 2.46.